The smallest absolute Gasteiger partial charge is 0.272 e. The highest BCUT2D eigenvalue weighted by atomic mass is 32.2. The lowest BCUT2D eigenvalue weighted by atomic mass is 10.2. The van der Waals surface area contributed by atoms with E-state index in [4.69, 9.17) is 9.47 Å². The Morgan fingerprint density at radius 1 is 1.14 bits per heavy atom. The minimum Gasteiger partial charge on any atom is -0.454 e. The van der Waals surface area contributed by atoms with Gasteiger partial charge in [0.2, 0.25) is 6.79 Å². The number of benzene rings is 2. The summed E-state index contributed by atoms with van der Waals surface area (Å²) >= 11 is 2.73. The Morgan fingerprint density at radius 2 is 2.00 bits per heavy atom. The summed E-state index contributed by atoms with van der Waals surface area (Å²) in [4.78, 5) is 17.8. The fraction of sp³-hybridized carbons (Fsp3) is 0.143. The van der Waals surface area contributed by atoms with Gasteiger partial charge in [0, 0.05) is 5.75 Å². The SMILES string of the molecule is O=c1c2sccc2nc(SCc2ccccc2F)n1Cc1ccc2c(c1)OCO2. The lowest BCUT2D eigenvalue weighted by Crippen LogP contribution is -2.23. The molecule has 0 radical (unpaired) electrons. The van der Waals surface area contributed by atoms with Crippen LogP contribution in [0.3, 0.4) is 0 Å². The molecule has 0 saturated carbocycles. The van der Waals surface area contributed by atoms with Gasteiger partial charge in [-0.3, -0.25) is 9.36 Å². The Balaban J connectivity index is 1.52. The van der Waals surface area contributed by atoms with Crippen molar-refractivity contribution in [2.75, 3.05) is 6.79 Å². The minimum absolute atomic E-state index is 0.0984. The van der Waals surface area contributed by atoms with Crippen molar-refractivity contribution in [2.45, 2.75) is 17.5 Å². The van der Waals surface area contributed by atoms with Crippen LogP contribution in [0.25, 0.3) is 10.2 Å². The molecule has 0 bridgehead atoms. The second-order valence-electron chi connectivity index (χ2n) is 6.49. The van der Waals surface area contributed by atoms with Gasteiger partial charge < -0.3 is 9.47 Å². The van der Waals surface area contributed by atoms with Crippen molar-refractivity contribution in [1.29, 1.82) is 0 Å². The molecule has 0 spiro atoms. The van der Waals surface area contributed by atoms with Gasteiger partial charge in [-0.15, -0.1) is 11.3 Å². The summed E-state index contributed by atoms with van der Waals surface area (Å²) in [6.45, 7) is 0.543. The third kappa shape index (κ3) is 3.49. The van der Waals surface area contributed by atoms with Gasteiger partial charge >= 0.3 is 0 Å². The number of fused-ring (bicyclic) bond motifs is 2. The standard InChI is InChI=1S/C21H15FN2O3S2/c22-15-4-2-1-3-14(15)11-29-21-23-16-7-8-28-19(16)20(25)24(21)10-13-5-6-17-18(9-13)27-12-26-17/h1-9H,10-12H2. The average molecular weight is 426 g/mol. The first-order valence-corrected chi connectivity index (χ1v) is 10.8. The highest BCUT2D eigenvalue weighted by Crippen LogP contribution is 2.33. The van der Waals surface area contributed by atoms with E-state index in [1.165, 1.54) is 29.2 Å². The summed E-state index contributed by atoms with van der Waals surface area (Å²) in [7, 11) is 0. The zero-order chi connectivity index (χ0) is 19.8. The number of halogens is 1. The second kappa shape index (κ2) is 7.53. The fourth-order valence-electron chi connectivity index (χ4n) is 3.15. The number of hydrogen-bond acceptors (Lipinski definition) is 6. The van der Waals surface area contributed by atoms with Crippen LogP contribution in [0.1, 0.15) is 11.1 Å². The van der Waals surface area contributed by atoms with Crippen molar-refractivity contribution >= 4 is 33.3 Å². The largest absolute Gasteiger partial charge is 0.454 e. The number of thiophene rings is 1. The summed E-state index contributed by atoms with van der Waals surface area (Å²) < 4.78 is 27.1. The maximum absolute atomic E-state index is 14.0. The zero-order valence-electron chi connectivity index (χ0n) is 15.1. The number of nitrogens with zero attached hydrogens (tertiary/aromatic N) is 2. The highest BCUT2D eigenvalue weighted by molar-refractivity contribution is 7.98. The monoisotopic (exact) mass is 426 g/mol. The molecule has 5 nitrogen and oxygen atoms in total. The van der Waals surface area contributed by atoms with Crippen LogP contribution in [0.2, 0.25) is 0 Å². The lowest BCUT2D eigenvalue weighted by molar-refractivity contribution is 0.174. The number of thioether (sulfide) groups is 1. The van der Waals surface area contributed by atoms with Gasteiger partial charge in [0.05, 0.1) is 12.1 Å². The van der Waals surface area contributed by atoms with E-state index in [9.17, 15) is 9.18 Å². The molecule has 4 aromatic rings. The quantitative estimate of drug-likeness (QED) is 0.343. The Bertz CT molecular complexity index is 1270. The van der Waals surface area contributed by atoms with Crippen molar-refractivity contribution in [1.82, 2.24) is 9.55 Å². The Hall–Kier alpha value is -2.84. The molecule has 2 aromatic heterocycles. The van der Waals surface area contributed by atoms with E-state index in [0.29, 0.717) is 44.7 Å². The molecule has 0 fully saturated rings. The predicted octanol–water partition coefficient (Wildman–Crippen LogP) is 4.67. The third-order valence-corrected chi connectivity index (χ3v) is 6.54. The summed E-state index contributed by atoms with van der Waals surface area (Å²) in [6.07, 6.45) is 0. The van der Waals surface area contributed by atoms with E-state index in [-0.39, 0.29) is 18.2 Å². The van der Waals surface area contributed by atoms with Crippen LogP contribution in [0, 0.1) is 5.82 Å². The average Bonchev–Trinajstić information content (AvgIpc) is 3.38. The van der Waals surface area contributed by atoms with Gasteiger partial charge in [-0.1, -0.05) is 36.0 Å². The van der Waals surface area contributed by atoms with Gasteiger partial charge in [0.15, 0.2) is 16.7 Å². The minimum atomic E-state index is -0.263. The van der Waals surface area contributed by atoms with Crippen molar-refractivity contribution in [3.05, 3.63) is 81.2 Å². The van der Waals surface area contributed by atoms with Crippen LogP contribution in [0.4, 0.5) is 4.39 Å². The summed E-state index contributed by atoms with van der Waals surface area (Å²) in [5.41, 5.74) is 2.05. The van der Waals surface area contributed by atoms with Gasteiger partial charge in [0.25, 0.3) is 5.56 Å². The molecule has 0 unspecified atom stereocenters. The number of ether oxygens (including phenoxy) is 2. The van der Waals surface area contributed by atoms with Crippen molar-refractivity contribution in [3.63, 3.8) is 0 Å². The number of rotatable bonds is 5. The maximum atomic E-state index is 14.0. The molecular weight excluding hydrogens is 411 g/mol. The maximum Gasteiger partial charge on any atom is 0.272 e. The van der Waals surface area contributed by atoms with E-state index in [1.54, 1.807) is 22.8 Å². The fourth-order valence-corrected chi connectivity index (χ4v) is 4.92. The van der Waals surface area contributed by atoms with Crippen LogP contribution in [0.5, 0.6) is 11.5 Å². The number of hydrogen-bond donors (Lipinski definition) is 0. The molecule has 0 aliphatic carbocycles. The number of aromatic nitrogens is 2. The van der Waals surface area contributed by atoms with Gasteiger partial charge in [-0.2, -0.15) is 0 Å². The molecule has 5 rings (SSSR count). The topological polar surface area (TPSA) is 53.4 Å². The highest BCUT2D eigenvalue weighted by Gasteiger charge is 2.17. The van der Waals surface area contributed by atoms with Crippen molar-refractivity contribution in [3.8, 4) is 11.5 Å². The first-order chi connectivity index (χ1) is 14.2. The van der Waals surface area contributed by atoms with E-state index in [1.807, 2.05) is 29.6 Å². The Labute approximate surface area is 173 Å². The van der Waals surface area contributed by atoms with Crippen LogP contribution < -0.4 is 15.0 Å². The lowest BCUT2D eigenvalue weighted by Gasteiger charge is -2.13. The van der Waals surface area contributed by atoms with Crippen LogP contribution in [-0.2, 0) is 12.3 Å². The summed E-state index contributed by atoms with van der Waals surface area (Å²) in [6, 6.07) is 14.1. The summed E-state index contributed by atoms with van der Waals surface area (Å²) in [5.74, 6) is 1.49. The van der Waals surface area contributed by atoms with Gasteiger partial charge in [-0.25, -0.2) is 9.37 Å². The van der Waals surface area contributed by atoms with E-state index in [0.717, 1.165) is 5.56 Å². The first kappa shape index (κ1) is 18.2. The molecule has 8 heteroatoms. The third-order valence-electron chi connectivity index (χ3n) is 4.62. The molecule has 0 saturated heterocycles. The molecule has 0 N–H and O–H groups in total. The van der Waals surface area contributed by atoms with Gasteiger partial charge in [0.1, 0.15) is 10.5 Å². The Kier molecular flexibility index (Phi) is 4.73. The van der Waals surface area contributed by atoms with Crippen LogP contribution in [0.15, 0.2) is 63.9 Å². The van der Waals surface area contributed by atoms with Gasteiger partial charge in [-0.05, 0) is 40.8 Å². The second-order valence-corrected chi connectivity index (χ2v) is 8.35. The van der Waals surface area contributed by atoms with E-state index in [2.05, 4.69) is 4.98 Å². The predicted molar refractivity (Wildman–Crippen MR) is 112 cm³/mol. The molecule has 146 valence electrons. The molecule has 3 heterocycles. The Morgan fingerprint density at radius 3 is 2.90 bits per heavy atom. The van der Waals surface area contributed by atoms with E-state index >= 15 is 0 Å². The molecule has 0 amide bonds. The molecular formula is C21H15FN2O3S2. The first-order valence-electron chi connectivity index (χ1n) is 8.92. The van der Waals surface area contributed by atoms with Crippen molar-refractivity contribution < 1.29 is 13.9 Å². The zero-order valence-corrected chi connectivity index (χ0v) is 16.8. The summed E-state index contributed by atoms with van der Waals surface area (Å²) in [5, 5.41) is 2.41. The molecule has 1 aliphatic heterocycles. The molecule has 1 aliphatic rings. The molecule has 0 atom stereocenters. The molecule has 2 aromatic carbocycles. The van der Waals surface area contributed by atoms with Crippen LogP contribution >= 0.6 is 23.1 Å². The van der Waals surface area contributed by atoms with Crippen LogP contribution in [-0.4, -0.2) is 16.3 Å². The normalized spacial score (nSPS) is 12.6. The van der Waals surface area contributed by atoms with E-state index < -0.39 is 0 Å². The molecule has 29 heavy (non-hydrogen) atoms. The van der Waals surface area contributed by atoms with Crippen molar-refractivity contribution in [2.24, 2.45) is 0 Å².